The van der Waals surface area contributed by atoms with E-state index in [-0.39, 0.29) is 11.9 Å². The highest BCUT2D eigenvalue weighted by atomic mass is 16.2. The van der Waals surface area contributed by atoms with E-state index < -0.39 is 6.03 Å². The van der Waals surface area contributed by atoms with E-state index in [1.165, 1.54) is 6.42 Å². The number of urea groups is 1. The molecule has 1 heterocycles. The molecular weight excluding hydrogens is 220 g/mol. The zero-order valence-electron chi connectivity index (χ0n) is 10.4. The van der Waals surface area contributed by atoms with E-state index in [9.17, 15) is 9.59 Å². The van der Waals surface area contributed by atoms with Gasteiger partial charge in [0.2, 0.25) is 5.91 Å². The molecule has 0 bridgehead atoms. The van der Waals surface area contributed by atoms with Crippen LogP contribution in [0.2, 0.25) is 0 Å². The molecule has 0 saturated carbocycles. The Labute approximate surface area is 102 Å². The summed E-state index contributed by atoms with van der Waals surface area (Å²) in [7, 11) is 0. The Morgan fingerprint density at radius 1 is 1.24 bits per heavy atom. The van der Waals surface area contributed by atoms with Crippen molar-refractivity contribution in [3.05, 3.63) is 0 Å². The second-order valence-corrected chi connectivity index (χ2v) is 4.35. The van der Waals surface area contributed by atoms with Gasteiger partial charge in [-0.15, -0.1) is 0 Å². The topological polar surface area (TPSA) is 87.5 Å². The second-order valence-electron chi connectivity index (χ2n) is 4.35. The van der Waals surface area contributed by atoms with Gasteiger partial charge in [-0.2, -0.15) is 0 Å². The predicted octanol–water partition coefficient (Wildman–Crippen LogP) is -0.355. The van der Waals surface area contributed by atoms with E-state index in [1.54, 1.807) is 0 Å². The standard InChI is InChI=1S/C11H22N4O2/c1-9(13-5-6-14-11(12)17)10(16)15-7-3-2-4-8-15/h9,13H,2-8H2,1H3,(H3,12,14,17). The Morgan fingerprint density at radius 3 is 2.47 bits per heavy atom. The molecule has 1 atom stereocenters. The maximum Gasteiger partial charge on any atom is 0.312 e. The monoisotopic (exact) mass is 242 g/mol. The lowest BCUT2D eigenvalue weighted by atomic mass is 10.1. The van der Waals surface area contributed by atoms with Crippen molar-refractivity contribution in [2.75, 3.05) is 26.2 Å². The van der Waals surface area contributed by atoms with E-state index in [0.29, 0.717) is 13.1 Å². The number of nitrogens with one attached hydrogen (secondary N) is 2. The van der Waals surface area contributed by atoms with E-state index in [4.69, 9.17) is 5.73 Å². The van der Waals surface area contributed by atoms with Crippen LogP contribution in [0.5, 0.6) is 0 Å². The first-order valence-corrected chi connectivity index (χ1v) is 6.16. The highest BCUT2D eigenvalue weighted by molar-refractivity contribution is 5.81. The van der Waals surface area contributed by atoms with Gasteiger partial charge < -0.3 is 21.3 Å². The summed E-state index contributed by atoms with van der Waals surface area (Å²) < 4.78 is 0. The number of piperidine rings is 1. The van der Waals surface area contributed by atoms with Crippen LogP contribution in [-0.2, 0) is 4.79 Å². The van der Waals surface area contributed by atoms with E-state index in [1.807, 2.05) is 11.8 Å². The molecule has 0 spiro atoms. The number of likely N-dealkylation sites (tertiary alicyclic amines) is 1. The van der Waals surface area contributed by atoms with Crippen molar-refractivity contribution in [1.82, 2.24) is 15.5 Å². The lowest BCUT2D eigenvalue weighted by Gasteiger charge is -2.29. The zero-order chi connectivity index (χ0) is 12.7. The van der Waals surface area contributed by atoms with Crippen LogP contribution in [-0.4, -0.2) is 49.1 Å². The summed E-state index contributed by atoms with van der Waals surface area (Å²) in [5.74, 6) is 0.142. The van der Waals surface area contributed by atoms with Gasteiger partial charge in [0.25, 0.3) is 0 Å². The van der Waals surface area contributed by atoms with Crippen molar-refractivity contribution in [3.63, 3.8) is 0 Å². The maximum atomic E-state index is 12.0. The predicted molar refractivity (Wildman–Crippen MR) is 65.5 cm³/mol. The highest BCUT2D eigenvalue weighted by Gasteiger charge is 2.21. The SMILES string of the molecule is CC(NCCNC(N)=O)C(=O)N1CCCCC1. The first kappa shape index (κ1) is 13.8. The third kappa shape index (κ3) is 5.04. The quantitative estimate of drug-likeness (QED) is 0.576. The number of nitrogens with two attached hydrogens (primary N) is 1. The van der Waals surface area contributed by atoms with Crippen molar-refractivity contribution in [1.29, 1.82) is 0 Å². The van der Waals surface area contributed by atoms with Gasteiger partial charge in [0, 0.05) is 26.2 Å². The summed E-state index contributed by atoms with van der Waals surface area (Å²) in [5.41, 5.74) is 4.93. The third-order valence-corrected chi connectivity index (χ3v) is 2.91. The molecular formula is C11H22N4O2. The molecule has 0 radical (unpaired) electrons. The van der Waals surface area contributed by atoms with Crippen LogP contribution < -0.4 is 16.4 Å². The van der Waals surface area contributed by atoms with Crippen LogP contribution in [0, 0.1) is 0 Å². The van der Waals surface area contributed by atoms with Gasteiger partial charge in [-0.1, -0.05) is 0 Å². The van der Waals surface area contributed by atoms with Gasteiger partial charge in [-0.3, -0.25) is 4.79 Å². The lowest BCUT2D eigenvalue weighted by molar-refractivity contribution is -0.133. The Balaban J connectivity index is 2.19. The highest BCUT2D eigenvalue weighted by Crippen LogP contribution is 2.09. The molecule has 0 aliphatic carbocycles. The summed E-state index contributed by atoms with van der Waals surface area (Å²) in [6.45, 7) is 4.56. The Hall–Kier alpha value is -1.30. The largest absolute Gasteiger partial charge is 0.352 e. The molecule has 1 fully saturated rings. The maximum absolute atomic E-state index is 12.0. The molecule has 17 heavy (non-hydrogen) atoms. The number of rotatable bonds is 5. The average Bonchev–Trinajstić information content (AvgIpc) is 2.34. The Morgan fingerprint density at radius 2 is 1.88 bits per heavy atom. The van der Waals surface area contributed by atoms with Gasteiger partial charge in [0.05, 0.1) is 6.04 Å². The molecule has 6 nitrogen and oxygen atoms in total. The smallest absolute Gasteiger partial charge is 0.312 e. The number of amides is 3. The summed E-state index contributed by atoms with van der Waals surface area (Å²) in [6, 6.07) is -0.746. The van der Waals surface area contributed by atoms with Crippen molar-refractivity contribution >= 4 is 11.9 Å². The van der Waals surface area contributed by atoms with Crippen molar-refractivity contribution in [2.24, 2.45) is 5.73 Å². The summed E-state index contributed by atoms with van der Waals surface area (Å²) in [5, 5.41) is 5.54. The van der Waals surface area contributed by atoms with Crippen molar-refractivity contribution < 1.29 is 9.59 Å². The zero-order valence-corrected chi connectivity index (χ0v) is 10.4. The van der Waals surface area contributed by atoms with Crippen LogP contribution in [0.25, 0.3) is 0 Å². The summed E-state index contributed by atoms with van der Waals surface area (Å²) >= 11 is 0. The molecule has 1 aliphatic rings. The fourth-order valence-corrected chi connectivity index (χ4v) is 1.95. The van der Waals surface area contributed by atoms with E-state index in [0.717, 1.165) is 25.9 Å². The summed E-state index contributed by atoms with van der Waals surface area (Å²) in [4.78, 5) is 24.3. The number of nitrogens with zero attached hydrogens (tertiary/aromatic N) is 1. The van der Waals surface area contributed by atoms with E-state index in [2.05, 4.69) is 10.6 Å². The van der Waals surface area contributed by atoms with Crippen LogP contribution >= 0.6 is 0 Å². The van der Waals surface area contributed by atoms with E-state index >= 15 is 0 Å². The van der Waals surface area contributed by atoms with Gasteiger partial charge in [-0.05, 0) is 26.2 Å². The minimum absolute atomic E-state index is 0.142. The van der Waals surface area contributed by atoms with Gasteiger partial charge in [-0.25, -0.2) is 4.79 Å². The van der Waals surface area contributed by atoms with Crippen molar-refractivity contribution in [3.8, 4) is 0 Å². The molecule has 1 saturated heterocycles. The Bertz CT molecular complexity index is 264. The normalized spacial score (nSPS) is 17.6. The molecule has 4 N–H and O–H groups in total. The molecule has 1 aliphatic heterocycles. The Kier molecular flexibility index (Phi) is 5.76. The third-order valence-electron chi connectivity index (χ3n) is 2.91. The van der Waals surface area contributed by atoms with Gasteiger partial charge in [0.15, 0.2) is 0 Å². The molecule has 1 rings (SSSR count). The number of hydrogen-bond donors (Lipinski definition) is 3. The fraction of sp³-hybridized carbons (Fsp3) is 0.818. The van der Waals surface area contributed by atoms with Crippen LogP contribution in [0.1, 0.15) is 26.2 Å². The van der Waals surface area contributed by atoms with Crippen LogP contribution in [0.15, 0.2) is 0 Å². The molecule has 1 unspecified atom stereocenters. The first-order chi connectivity index (χ1) is 8.11. The minimum Gasteiger partial charge on any atom is -0.352 e. The minimum atomic E-state index is -0.540. The number of carbonyl (C=O) groups is 2. The number of primary amides is 1. The lowest BCUT2D eigenvalue weighted by Crippen LogP contribution is -2.48. The molecule has 0 aromatic rings. The van der Waals surface area contributed by atoms with Crippen molar-refractivity contribution in [2.45, 2.75) is 32.2 Å². The van der Waals surface area contributed by atoms with Crippen LogP contribution in [0.3, 0.4) is 0 Å². The van der Waals surface area contributed by atoms with Crippen LogP contribution in [0.4, 0.5) is 4.79 Å². The van der Waals surface area contributed by atoms with Gasteiger partial charge in [0.1, 0.15) is 0 Å². The molecule has 98 valence electrons. The average molecular weight is 242 g/mol. The summed E-state index contributed by atoms with van der Waals surface area (Å²) in [6.07, 6.45) is 3.41. The second kappa shape index (κ2) is 7.11. The first-order valence-electron chi connectivity index (χ1n) is 6.16. The fourth-order valence-electron chi connectivity index (χ4n) is 1.95. The molecule has 0 aromatic carbocycles. The number of hydrogen-bond acceptors (Lipinski definition) is 3. The van der Waals surface area contributed by atoms with Gasteiger partial charge >= 0.3 is 6.03 Å². The molecule has 6 heteroatoms. The molecule has 3 amide bonds. The molecule has 0 aromatic heterocycles. The number of carbonyl (C=O) groups excluding carboxylic acids is 2.